The Morgan fingerprint density at radius 2 is 1.39 bits per heavy atom. The average Bonchev–Trinajstić information content (AvgIpc) is 1.91. The van der Waals surface area contributed by atoms with Crippen molar-refractivity contribution in [3.63, 3.8) is 0 Å². The Morgan fingerprint density at radius 1 is 1.00 bits per heavy atom. The molecule has 0 radical (unpaired) electrons. The van der Waals surface area contributed by atoms with E-state index in [-0.39, 0.29) is 11.1 Å². The molecule has 2 nitrogen and oxygen atoms in total. The van der Waals surface area contributed by atoms with Crippen molar-refractivity contribution in [2.45, 2.75) is 59.5 Å². The fraction of sp³-hybridized carbons (Fsp3) is 0.692. The summed E-state index contributed by atoms with van der Waals surface area (Å²) in [5.74, 6) is 0. The third-order valence-corrected chi connectivity index (χ3v) is 10.2. The Hall–Kier alpha value is 0.257. The molecule has 0 saturated heterocycles. The van der Waals surface area contributed by atoms with Crippen LogP contribution in [0.4, 0.5) is 0 Å². The van der Waals surface area contributed by atoms with Crippen LogP contribution in [0.2, 0.25) is 0 Å². The highest BCUT2D eigenvalue weighted by molar-refractivity contribution is 9.50. The summed E-state index contributed by atoms with van der Waals surface area (Å²) in [6.07, 6.45) is 2.17. The number of allylic oxidation sites excluding steroid dienone is 2. The van der Waals surface area contributed by atoms with Gasteiger partial charge in [0.05, 0.1) is 0 Å². The number of rotatable bonds is 0. The van der Waals surface area contributed by atoms with Gasteiger partial charge in [0.1, 0.15) is 0 Å². The molecule has 1 heterocycles. The maximum absolute atomic E-state index is 4.22. The highest BCUT2D eigenvalue weighted by Gasteiger charge is 2.53. The lowest BCUT2D eigenvalue weighted by Crippen LogP contribution is -2.67. The van der Waals surface area contributed by atoms with Gasteiger partial charge in [0.2, 0.25) is 0 Å². The van der Waals surface area contributed by atoms with E-state index in [1.165, 1.54) is 5.70 Å². The van der Waals surface area contributed by atoms with E-state index in [0.717, 1.165) is 5.70 Å². The molecule has 1 rings (SSSR count). The third-order valence-electron chi connectivity index (χ3n) is 2.90. The Kier molecular flexibility index (Phi) is 4.23. The minimum Gasteiger partial charge on any atom is -0.363 e. The van der Waals surface area contributed by atoms with Crippen molar-refractivity contribution in [2.75, 3.05) is 0 Å². The number of nitrogens with zero attached hydrogens (tertiary/aromatic N) is 2. The quantitative estimate of drug-likeness (QED) is 0.427. The number of halogens is 2. The summed E-state index contributed by atoms with van der Waals surface area (Å²) in [5.41, 5.74) is 0.290. The van der Waals surface area contributed by atoms with Crippen LogP contribution >= 0.6 is 30.6 Å². The lowest BCUT2D eigenvalue weighted by Gasteiger charge is -2.57. The molecule has 5 heteroatoms. The van der Waals surface area contributed by atoms with Crippen LogP contribution < -0.4 is 0 Å². The van der Waals surface area contributed by atoms with Gasteiger partial charge in [0.15, 0.2) is 0 Å². The zero-order valence-electron chi connectivity index (χ0n) is 12.4. The van der Waals surface area contributed by atoms with Gasteiger partial charge in [-0.05, 0) is 54.5 Å². The van der Waals surface area contributed by atoms with Crippen molar-refractivity contribution in [3.8, 4) is 0 Å². The summed E-state index contributed by atoms with van der Waals surface area (Å²) in [7, 11) is 0. The second-order valence-electron chi connectivity index (χ2n) is 6.80. The lowest BCUT2D eigenvalue weighted by atomic mass is 10.1. The van der Waals surface area contributed by atoms with Gasteiger partial charge < -0.3 is 9.13 Å². The highest BCUT2D eigenvalue weighted by Crippen LogP contribution is 2.46. The van der Waals surface area contributed by atoms with Gasteiger partial charge in [0.25, 0.3) is 0 Å². The molecule has 0 N–H and O–H groups in total. The van der Waals surface area contributed by atoms with Crippen LogP contribution in [-0.2, 0) is 0 Å². The van der Waals surface area contributed by atoms with E-state index in [1.807, 2.05) is 0 Å². The SMILES string of the molecule is C=C1C=C(C)N(C(C)(C)C)[Si](Br)(Br)N1C(C)(C)C. The van der Waals surface area contributed by atoms with Crippen LogP contribution in [0, 0.1) is 0 Å². The molecule has 0 aromatic rings. The molecule has 18 heavy (non-hydrogen) atoms. The normalized spacial score (nSPS) is 21.2. The highest BCUT2D eigenvalue weighted by atomic mass is 79.9. The summed E-state index contributed by atoms with van der Waals surface area (Å²) in [4.78, 5) is 0. The molecule has 104 valence electrons. The van der Waals surface area contributed by atoms with Crippen LogP contribution in [0.15, 0.2) is 24.0 Å². The molecule has 1 aliphatic heterocycles. The molecule has 0 amide bonds. The summed E-state index contributed by atoms with van der Waals surface area (Å²) < 4.78 is 4.85. The van der Waals surface area contributed by atoms with Crippen LogP contribution in [0.25, 0.3) is 0 Å². The zero-order valence-corrected chi connectivity index (χ0v) is 16.6. The molecule has 0 atom stereocenters. The zero-order chi connectivity index (χ0) is 14.5. The van der Waals surface area contributed by atoms with Gasteiger partial charge >= 0.3 is 5.64 Å². The molecular weight excluding hydrogens is 372 g/mol. The monoisotopic (exact) mass is 394 g/mol. The van der Waals surface area contributed by atoms with Crippen molar-refractivity contribution in [1.29, 1.82) is 0 Å². The Labute approximate surface area is 128 Å². The number of hydrogen-bond donors (Lipinski definition) is 0. The average molecular weight is 396 g/mol. The van der Waals surface area contributed by atoms with Crippen LogP contribution in [0.5, 0.6) is 0 Å². The minimum atomic E-state index is -2.12. The third kappa shape index (κ3) is 2.88. The molecule has 0 spiro atoms. The van der Waals surface area contributed by atoms with E-state index in [0.29, 0.717) is 0 Å². The topological polar surface area (TPSA) is 6.48 Å². The van der Waals surface area contributed by atoms with E-state index >= 15 is 0 Å². The fourth-order valence-corrected chi connectivity index (χ4v) is 14.8. The van der Waals surface area contributed by atoms with Crippen LogP contribution in [-0.4, -0.2) is 25.8 Å². The first-order chi connectivity index (χ1) is 7.79. The van der Waals surface area contributed by atoms with Crippen molar-refractivity contribution in [2.24, 2.45) is 0 Å². The van der Waals surface area contributed by atoms with Crippen molar-refractivity contribution in [1.82, 2.24) is 9.13 Å². The van der Waals surface area contributed by atoms with Gasteiger partial charge in [-0.15, -0.1) is 0 Å². The first-order valence-corrected chi connectivity index (χ1v) is 12.6. The first kappa shape index (κ1) is 16.3. The van der Waals surface area contributed by atoms with Gasteiger partial charge in [0, 0.05) is 22.5 Å². The van der Waals surface area contributed by atoms with E-state index in [4.69, 9.17) is 0 Å². The molecule has 0 saturated carbocycles. The largest absolute Gasteiger partial charge is 0.413 e. The summed E-state index contributed by atoms with van der Waals surface area (Å²) in [6, 6.07) is 0. The van der Waals surface area contributed by atoms with Gasteiger partial charge in [-0.25, -0.2) is 0 Å². The smallest absolute Gasteiger partial charge is 0.363 e. The minimum absolute atomic E-state index is 0.0248. The van der Waals surface area contributed by atoms with Crippen molar-refractivity contribution < 1.29 is 0 Å². The van der Waals surface area contributed by atoms with E-state index < -0.39 is 5.64 Å². The standard InChI is InChI=1S/C13H24Br2N2Si/c1-10-9-11(2)17(13(6,7)8)18(14,15)16(10)12(3,4)5/h9H,1H2,2-8H3. The molecule has 0 aromatic carbocycles. The molecule has 0 bridgehead atoms. The van der Waals surface area contributed by atoms with Gasteiger partial charge in [-0.2, -0.15) is 0 Å². The maximum Gasteiger partial charge on any atom is 0.413 e. The lowest BCUT2D eigenvalue weighted by molar-refractivity contribution is 0.228. The van der Waals surface area contributed by atoms with Crippen molar-refractivity contribution in [3.05, 3.63) is 24.0 Å². The predicted octanol–water partition coefficient (Wildman–Crippen LogP) is 4.84. The Bertz CT molecular complexity index is 389. The second-order valence-corrected chi connectivity index (χ2v) is 18.5. The number of hydrogen-bond acceptors (Lipinski definition) is 2. The molecule has 0 unspecified atom stereocenters. The summed E-state index contributed by atoms with van der Waals surface area (Å²) in [6.45, 7) is 19.8. The molecule has 1 aliphatic rings. The molecule has 0 fully saturated rings. The fourth-order valence-electron chi connectivity index (χ4n) is 2.62. The summed E-state index contributed by atoms with van der Waals surface area (Å²) >= 11 is 7.97. The Balaban J connectivity index is 3.41. The van der Waals surface area contributed by atoms with Crippen LogP contribution in [0.3, 0.4) is 0 Å². The Morgan fingerprint density at radius 3 is 1.72 bits per heavy atom. The second kappa shape index (κ2) is 4.67. The van der Waals surface area contributed by atoms with E-state index in [1.54, 1.807) is 0 Å². The molecule has 0 aromatic heterocycles. The van der Waals surface area contributed by atoms with E-state index in [9.17, 15) is 0 Å². The van der Waals surface area contributed by atoms with E-state index in [2.05, 4.69) is 101 Å². The van der Waals surface area contributed by atoms with Crippen molar-refractivity contribution >= 4 is 36.2 Å². The first-order valence-electron chi connectivity index (χ1n) is 6.15. The van der Waals surface area contributed by atoms with Crippen LogP contribution in [0.1, 0.15) is 48.5 Å². The maximum atomic E-state index is 4.22. The van der Waals surface area contributed by atoms with Gasteiger partial charge in [-0.3, -0.25) is 0 Å². The van der Waals surface area contributed by atoms with Gasteiger partial charge in [-0.1, -0.05) is 37.2 Å². The molecule has 0 aliphatic carbocycles. The summed E-state index contributed by atoms with van der Waals surface area (Å²) in [5, 5.41) is 0. The predicted molar refractivity (Wildman–Crippen MR) is 89.7 cm³/mol. The molecular formula is C13H24Br2N2Si.